The van der Waals surface area contributed by atoms with E-state index < -0.39 is 0 Å². The van der Waals surface area contributed by atoms with Crippen LogP contribution in [0.25, 0.3) is 0 Å². The molecular formula is C12H17N3. The third-order valence-electron chi connectivity index (χ3n) is 3.18. The molecule has 0 unspecified atom stereocenters. The van der Waals surface area contributed by atoms with E-state index in [0.29, 0.717) is 0 Å². The number of nitrogens with one attached hydrogen (secondary N) is 1. The third-order valence-corrected chi connectivity index (χ3v) is 3.18. The summed E-state index contributed by atoms with van der Waals surface area (Å²) in [5.41, 5.74) is 2.44. The van der Waals surface area contributed by atoms with Crippen LogP contribution in [-0.2, 0) is 0 Å². The number of fused-ring (bicyclic) bond motifs is 1. The lowest BCUT2D eigenvalue weighted by Crippen LogP contribution is -2.36. The first-order valence-corrected chi connectivity index (χ1v) is 5.78. The molecule has 2 aliphatic rings. The van der Waals surface area contributed by atoms with E-state index in [1.807, 2.05) is 6.20 Å². The van der Waals surface area contributed by atoms with Crippen LogP contribution in [0.2, 0.25) is 0 Å². The third kappa shape index (κ3) is 1.78. The van der Waals surface area contributed by atoms with Gasteiger partial charge in [0.15, 0.2) is 5.82 Å². The summed E-state index contributed by atoms with van der Waals surface area (Å²) >= 11 is 0. The van der Waals surface area contributed by atoms with Crippen LogP contribution in [0.1, 0.15) is 18.4 Å². The van der Waals surface area contributed by atoms with Gasteiger partial charge in [-0.05, 0) is 37.3 Å². The van der Waals surface area contributed by atoms with E-state index in [1.165, 1.54) is 30.6 Å². The molecule has 0 radical (unpaired) electrons. The number of hydrogen-bond donors (Lipinski definition) is 1. The Morgan fingerprint density at radius 1 is 1.53 bits per heavy atom. The minimum Gasteiger partial charge on any atom is -0.380 e. The molecule has 3 nitrogen and oxygen atoms in total. The molecule has 15 heavy (non-hydrogen) atoms. The van der Waals surface area contributed by atoms with Crippen molar-refractivity contribution in [2.24, 2.45) is 5.92 Å². The van der Waals surface area contributed by atoms with E-state index >= 15 is 0 Å². The van der Waals surface area contributed by atoms with Gasteiger partial charge in [-0.1, -0.05) is 0 Å². The molecule has 80 valence electrons. The summed E-state index contributed by atoms with van der Waals surface area (Å²) in [7, 11) is 0. The number of rotatable bonds is 2. The van der Waals surface area contributed by atoms with Gasteiger partial charge in [-0.15, -0.1) is 0 Å². The SMILES string of the molecule is Cc1cnc2c(c1)NCCN2CC1CC1. The highest BCUT2D eigenvalue weighted by atomic mass is 15.2. The van der Waals surface area contributed by atoms with Gasteiger partial charge in [0.1, 0.15) is 0 Å². The molecule has 3 heteroatoms. The highest BCUT2D eigenvalue weighted by Crippen LogP contribution is 2.34. The average Bonchev–Trinajstić information content (AvgIpc) is 3.01. The highest BCUT2D eigenvalue weighted by Gasteiger charge is 2.27. The van der Waals surface area contributed by atoms with Gasteiger partial charge in [0.2, 0.25) is 0 Å². The van der Waals surface area contributed by atoms with Crippen molar-refractivity contribution in [3.63, 3.8) is 0 Å². The van der Waals surface area contributed by atoms with Crippen LogP contribution < -0.4 is 10.2 Å². The second kappa shape index (κ2) is 3.40. The zero-order valence-electron chi connectivity index (χ0n) is 9.16. The first-order chi connectivity index (χ1) is 7.33. The summed E-state index contributed by atoms with van der Waals surface area (Å²) in [6, 6.07) is 2.20. The van der Waals surface area contributed by atoms with Gasteiger partial charge in [-0.25, -0.2) is 4.98 Å². The van der Waals surface area contributed by atoms with Crippen LogP contribution in [0.4, 0.5) is 11.5 Å². The van der Waals surface area contributed by atoms with Crippen LogP contribution in [0, 0.1) is 12.8 Å². The Hall–Kier alpha value is -1.25. The minimum atomic E-state index is 0.930. The first kappa shape index (κ1) is 9.01. The molecule has 0 amide bonds. The van der Waals surface area contributed by atoms with Gasteiger partial charge in [-0.2, -0.15) is 0 Å². The minimum absolute atomic E-state index is 0.930. The second-order valence-electron chi connectivity index (χ2n) is 4.70. The maximum atomic E-state index is 4.54. The second-order valence-corrected chi connectivity index (χ2v) is 4.70. The number of aromatic nitrogens is 1. The maximum absolute atomic E-state index is 4.54. The van der Waals surface area contributed by atoms with Gasteiger partial charge in [0.25, 0.3) is 0 Å². The van der Waals surface area contributed by atoms with E-state index in [0.717, 1.165) is 24.8 Å². The molecule has 0 aromatic carbocycles. The molecule has 1 fully saturated rings. The number of hydrogen-bond acceptors (Lipinski definition) is 3. The number of anilines is 2. The largest absolute Gasteiger partial charge is 0.380 e. The standard InChI is InChI=1S/C12H17N3/c1-9-6-11-12(14-7-9)15(5-4-13-11)8-10-2-3-10/h6-7,10,13H,2-5,8H2,1H3. The number of aryl methyl sites for hydroxylation is 1. The van der Waals surface area contributed by atoms with Crippen molar-refractivity contribution in [3.05, 3.63) is 17.8 Å². The highest BCUT2D eigenvalue weighted by molar-refractivity contribution is 5.68. The summed E-state index contributed by atoms with van der Waals surface area (Å²) in [5, 5.41) is 3.42. The lowest BCUT2D eigenvalue weighted by molar-refractivity contribution is 0.708. The van der Waals surface area contributed by atoms with E-state index in [1.54, 1.807) is 0 Å². The van der Waals surface area contributed by atoms with E-state index in [-0.39, 0.29) is 0 Å². The molecule has 1 N–H and O–H groups in total. The van der Waals surface area contributed by atoms with Gasteiger partial charge in [0.05, 0.1) is 5.69 Å². The molecule has 0 atom stereocenters. The predicted octanol–water partition coefficient (Wildman–Crippen LogP) is 2.03. The van der Waals surface area contributed by atoms with Crippen molar-refractivity contribution in [3.8, 4) is 0 Å². The van der Waals surface area contributed by atoms with Gasteiger partial charge >= 0.3 is 0 Å². The van der Waals surface area contributed by atoms with Gasteiger partial charge in [-0.3, -0.25) is 0 Å². The van der Waals surface area contributed by atoms with Crippen molar-refractivity contribution >= 4 is 11.5 Å². The molecule has 2 heterocycles. The Labute approximate surface area is 90.5 Å². The molecule has 3 rings (SSSR count). The normalized spacial score (nSPS) is 19.7. The molecule has 1 aliphatic heterocycles. The Morgan fingerprint density at radius 3 is 3.20 bits per heavy atom. The molecule has 0 bridgehead atoms. The van der Waals surface area contributed by atoms with Crippen molar-refractivity contribution in [2.45, 2.75) is 19.8 Å². The Balaban J connectivity index is 1.87. The summed E-state index contributed by atoms with van der Waals surface area (Å²) in [4.78, 5) is 6.98. The molecule has 1 aliphatic carbocycles. The van der Waals surface area contributed by atoms with E-state index in [4.69, 9.17) is 0 Å². The number of pyridine rings is 1. The van der Waals surface area contributed by atoms with E-state index in [9.17, 15) is 0 Å². The van der Waals surface area contributed by atoms with Gasteiger partial charge < -0.3 is 10.2 Å². The Morgan fingerprint density at radius 2 is 2.40 bits per heavy atom. The summed E-state index contributed by atoms with van der Waals surface area (Å²) < 4.78 is 0. The molecule has 0 saturated heterocycles. The predicted molar refractivity (Wildman–Crippen MR) is 62.4 cm³/mol. The lowest BCUT2D eigenvalue weighted by atomic mass is 10.2. The Bertz CT molecular complexity index is 371. The van der Waals surface area contributed by atoms with Crippen LogP contribution in [0.3, 0.4) is 0 Å². The smallest absolute Gasteiger partial charge is 0.152 e. The zero-order chi connectivity index (χ0) is 10.3. The van der Waals surface area contributed by atoms with Crippen LogP contribution in [0.15, 0.2) is 12.3 Å². The van der Waals surface area contributed by atoms with Crippen molar-refractivity contribution < 1.29 is 0 Å². The fourth-order valence-corrected chi connectivity index (χ4v) is 2.17. The van der Waals surface area contributed by atoms with Crippen molar-refractivity contribution in [1.29, 1.82) is 0 Å². The maximum Gasteiger partial charge on any atom is 0.152 e. The molecular weight excluding hydrogens is 186 g/mol. The fourth-order valence-electron chi connectivity index (χ4n) is 2.17. The Kier molecular flexibility index (Phi) is 2.04. The van der Waals surface area contributed by atoms with Crippen LogP contribution in [-0.4, -0.2) is 24.6 Å². The molecule has 1 aromatic heterocycles. The van der Waals surface area contributed by atoms with Crippen molar-refractivity contribution in [1.82, 2.24) is 4.98 Å². The summed E-state index contributed by atoms with van der Waals surface area (Å²) in [5.74, 6) is 2.08. The summed E-state index contributed by atoms with van der Waals surface area (Å²) in [6.45, 7) is 5.43. The fraction of sp³-hybridized carbons (Fsp3) is 0.583. The quantitative estimate of drug-likeness (QED) is 0.797. The summed E-state index contributed by atoms with van der Waals surface area (Å²) in [6.07, 6.45) is 4.78. The molecule has 1 saturated carbocycles. The first-order valence-electron chi connectivity index (χ1n) is 5.78. The van der Waals surface area contributed by atoms with Crippen LogP contribution in [0.5, 0.6) is 0 Å². The van der Waals surface area contributed by atoms with E-state index in [2.05, 4.69) is 28.2 Å². The average molecular weight is 203 g/mol. The topological polar surface area (TPSA) is 28.2 Å². The molecule has 0 spiro atoms. The monoisotopic (exact) mass is 203 g/mol. The van der Waals surface area contributed by atoms with Crippen LogP contribution >= 0.6 is 0 Å². The number of nitrogens with zero attached hydrogens (tertiary/aromatic N) is 2. The lowest BCUT2D eigenvalue weighted by Gasteiger charge is -2.31. The van der Waals surface area contributed by atoms with Crippen molar-refractivity contribution in [2.75, 3.05) is 29.9 Å². The zero-order valence-corrected chi connectivity index (χ0v) is 9.16. The van der Waals surface area contributed by atoms with Gasteiger partial charge in [0, 0.05) is 25.8 Å². The molecule has 1 aromatic rings.